The normalized spacial score (nSPS) is 15.2. The maximum atomic E-state index is 14.0. The number of carbonyl (C=O) groups excluding carboxylic acids is 1. The molecule has 4 aromatic carbocycles. The number of ether oxygens (including phenoxy) is 2. The highest BCUT2D eigenvalue weighted by Gasteiger charge is 2.36. The van der Waals surface area contributed by atoms with E-state index in [1.807, 2.05) is 71.6 Å². The van der Waals surface area contributed by atoms with Gasteiger partial charge in [-0.3, -0.25) is 4.79 Å². The van der Waals surface area contributed by atoms with Crippen molar-refractivity contribution in [2.24, 2.45) is 0 Å². The lowest BCUT2D eigenvalue weighted by Gasteiger charge is -2.39. The number of benzene rings is 4. The van der Waals surface area contributed by atoms with E-state index in [0.717, 1.165) is 33.2 Å². The Morgan fingerprint density at radius 3 is 2.45 bits per heavy atom. The predicted molar refractivity (Wildman–Crippen MR) is 128 cm³/mol. The van der Waals surface area contributed by atoms with Gasteiger partial charge in [0, 0.05) is 23.7 Å². The van der Waals surface area contributed by atoms with Gasteiger partial charge in [0.15, 0.2) is 0 Å². The molecule has 33 heavy (non-hydrogen) atoms. The molecule has 4 aromatic rings. The van der Waals surface area contributed by atoms with Crippen molar-refractivity contribution in [1.29, 1.82) is 0 Å². The number of nitrogens with zero attached hydrogens (tertiary/aromatic N) is 1. The van der Waals surface area contributed by atoms with E-state index >= 15 is 0 Å². The summed E-state index contributed by atoms with van der Waals surface area (Å²) in [7, 11) is 3.27. The number of rotatable bonds is 4. The van der Waals surface area contributed by atoms with Crippen molar-refractivity contribution in [3.63, 3.8) is 0 Å². The molecule has 166 valence electrons. The third kappa shape index (κ3) is 3.65. The van der Waals surface area contributed by atoms with Gasteiger partial charge in [-0.1, -0.05) is 48.5 Å². The Hall–Kier alpha value is -3.99. The Labute approximate surface area is 192 Å². The fourth-order valence-corrected chi connectivity index (χ4v) is 4.77. The molecule has 0 aromatic heterocycles. The minimum atomic E-state index is -0.360. The van der Waals surface area contributed by atoms with Gasteiger partial charge in [0.25, 0.3) is 5.91 Å². The molecular formula is C28H25NO4. The quantitative estimate of drug-likeness (QED) is 0.466. The first kappa shape index (κ1) is 20.9. The molecule has 0 aliphatic carbocycles. The molecule has 5 rings (SSSR count). The van der Waals surface area contributed by atoms with Gasteiger partial charge in [0.05, 0.1) is 20.3 Å². The number of fused-ring (bicyclic) bond motifs is 2. The second-order valence-electron chi connectivity index (χ2n) is 8.17. The van der Waals surface area contributed by atoms with E-state index in [9.17, 15) is 9.90 Å². The van der Waals surface area contributed by atoms with Crippen LogP contribution in [0.4, 0.5) is 0 Å². The Balaban J connectivity index is 1.69. The molecule has 0 fully saturated rings. The van der Waals surface area contributed by atoms with Gasteiger partial charge in [-0.05, 0) is 52.6 Å². The Kier molecular flexibility index (Phi) is 5.38. The van der Waals surface area contributed by atoms with Gasteiger partial charge in [0.2, 0.25) is 0 Å². The number of phenolic OH excluding ortho intramolecular Hbond substituents is 1. The molecule has 5 nitrogen and oxygen atoms in total. The number of amides is 1. The maximum Gasteiger partial charge on any atom is 0.255 e. The average molecular weight is 440 g/mol. The molecule has 1 aliphatic heterocycles. The molecule has 1 aliphatic rings. The van der Waals surface area contributed by atoms with Gasteiger partial charge < -0.3 is 19.5 Å². The number of carbonyl (C=O) groups is 1. The van der Waals surface area contributed by atoms with E-state index in [-0.39, 0.29) is 17.7 Å². The molecule has 1 atom stereocenters. The number of methoxy groups -OCH3 is 2. The summed E-state index contributed by atoms with van der Waals surface area (Å²) >= 11 is 0. The topological polar surface area (TPSA) is 59.0 Å². The number of phenols is 1. The van der Waals surface area contributed by atoms with E-state index in [2.05, 4.69) is 0 Å². The SMILES string of the molecule is COc1cc2c(c(OC)c1)C(c1ccc(O)cc1)N(C(=O)c1cccc3ccccc13)CC2. The smallest absolute Gasteiger partial charge is 0.255 e. The van der Waals surface area contributed by atoms with Crippen LogP contribution >= 0.6 is 0 Å². The fourth-order valence-electron chi connectivity index (χ4n) is 4.77. The van der Waals surface area contributed by atoms with E-state index in [1.165, 1.54) is 0 Å². The van der Waals surface area contributed by atoms with Crippen molar-refractivity contribution in [2.75, 3.05) is 20.8 Å². The van der Waals surface area contributed by atoms with Crippen LogP contribution in [-0.2, 0) is 6.42 Å². The zero-order valence-corrected chi connectivity index (χ0v) is 18.6. The van der Waals surface area contributed by atoms with E-state index in [1.54, 1.807) is 26.4 Å². The molecule has 0 saturated heterocycles. The Morgan fingerprint density at radius 2 is 1.70 bits per heavy atom. The third-order valence-corrected chi connectivity index (χ3v) is 6.35. The molecule has 5 heteroatoms. The Morgan fingerprint density at radius 1 is 0.939 bits per heavy atom. The second kappa shape index (κ2) is 8.51. The highest BCUT2D eigenvalue weighted by Crippen LogP contribution is 2.43. The van der Waals surface area contributed by atoms with E-state index in [0.29, 0.717) is 24.3 Å². The first-order valence-corrected chi connectivity index (χ1v) is 10.9. The molecule has 1 heterocycles. The lowest BCUT2D eigenvalue weighted by molar-refractivity contribution is 0.0694. The van der Waals surface area contributed by atoms with Crippen LogP contribution in [0.1, 0.15) is 33.1 Å². The van der Waals surface area contributed by atoms with Gasteiger partial charge >= 0.3 is 0 Å². The zero-order chi connectivity index (χ0) is 22.9. The lowest BCUT2D eigenvalue weighted by Crippen LogP contribution is -2.41. The van der Waals surface area contributed by atoms with Crippen molar-refractivity contribution in [3.8, 4) is 17.2 Å². The summed E-state index contributed by atoms with van der Waals surface area (Å²) in [6.07, 6.45) is 0.688. The standard InChI is InChI=1S/C28H25NO4/c1-32-22-16-20-14-15-29(28(31)24-9-5-7-18-6-3-4-8-23(18)24)27(26(20)25(17-22)33-2)19-10-12-21(30)13-11-19/h3-13,16-17,27,30H,14-15H2,1-2H3. The minimum Gasteiger partial charge on any atom is -0.508 e. The van der Waals surface area contributed by atoms with Crippen LogP contribution in [0.5, 0.6) is 17.2 Å². The van der Waals surface area contributed by atoms with Crippen molar-refractivity contribution >= 4 is 16.7 Å². The molecule has 0 radical (unpaired) electrons. The molecule has 0 spiro atoms. The highest BCUT2D eigenvalue weighted by atomic mass is 16.5. The maximum absolute atomic E-state index is 14.0. The first-order chi connectivity index (χ1) is 16.1. The van der Waals surface area contributed by atoms with Crippen molar-refractivity contribution < 1.29 is 19.4 Å². The number of hydrogen-bond donors (Lipinski definition) is 1. The summed E-state index contributed by atoms with van der Waals surface area (Å²) in [5.74, 6) is 1.55. The van der Waals surface area contributed by atoms with E-state index in [4.69, 9.17) is 9.47 Å². The van der Waals surface area contributed by atoms with E-state index < -0.39 is 0 Å². The molecule has 0 saturated carbocycles. The summed E-state index contributed by atoms with van der Waals surface area (Å²) < 4.78 is 11.2. The number of aromatic hydroxyl groups is 1. The molecule has 1 amide bonds. The monoisotopic (exact) mass is 439 g/mol. The largest absolute Gasteiger partial charge is 0.508 e. The average Bonchev–Trinajstić information content (AvgIpc) is 2.87. The van der Waals surface area contributed by atoms with Crippen LogP contribution in [0.15, 0.2) is 78.9 Å². The molecule has 1 N–H and O–H groups in total. The summed E-state index contributed by atoms with van der Waals surface area (Å²) in [5.41, 5.74) is 3.62. The first-order valence-electron chi connectivity index (χ1n) is 10.9. The zero-order valence-electron chi connectivity index (χ0n) is 18.6. The lowest BCUT2D eigenvalue weighted by atomic mass is 9.86. The Bertz CT molecular complexity index is 1310. The predicted octanol–water partition coefficient (Wildman–Crippen LogP) is 5.35. The van der Waals surface area contributed by atoms with Gasteiger partial charge in [-0.25, -0.2) is 0 Å². The minimum absolute atomic E-state index is 0.0339. The van der Waals surface area contributed by atoms with Crippen LogP contribution in [0.3, 0.4) is 0 Å². The summed E-state index contributed by atoms with van der Waals surface area (Å²) in [4.78, 5) is 15.9. The molecule has 0 bridgehead atoms. The van der Waals surface area contributed by atoms with Crippen LogP contribution in [-0.4, -0.2) is 36.7 Å². The van der Waals surface area contributed by atoms with Gasteiger partial charge in [0.1, 0.15) is 17.2 Å². The highest BCUT2D eigenvalue weighted by molar-refractivity contribution is 6.07. The molecular weight excluding hydrogens is 414 g/mol. The van der Waals surface area contributed by atoms with Gasteiger partial charge in [-0.15, -0.1) is 0 Å². The van der Waals surface area contributed by atoms with Crippen LogP contribution in [0, 0.1) is 0 Å². The van der Waals surface area contributed by atoms with Crippen molar-refractivity contribution in [3.05, 3.63) is 101 Å². The second-order valence-corrected chi connectivity index (χ2v) is 8.17. The van der Waals surface area contributed by atoms with Gasteiger partial charge in [-0.2, -0.15) is 0 Å². The summed E-state index contributed by atoms with van der Waals surface area (Å²) in [6, 6.07) is 24.3. The van der Waals surface area contributed by atoms with Crippen molar-refractivity contribution in [2.45, 2.75) is 12.5 Å². The molecule has 1 unspecified atom stereocenters. The summed E-state index contributed by atoms with van der Waals surface area (Å²) in [6.45, 7) is 0.552. The van der Waals surface area contributed by atoms with Crippen LogP contribution in [0.25, 0.3) is 10.8 Å². The third-order valence-electron chi connectivity index (χ3n) is 6.35. The fraction of sp³-hybridized carbons (Fsp3) is 0.179. The van der Waals surface area contributed by atoms with Crippen molar-refractivity contribution in [1.82, 2.24) is 4.90 Å². The number of hydrogen-bond acceptors (Lipinski definition) is 4. The van der Waals surface area contributed by atoms with Crippen LogP contribution < -0.4 is 9.47 Å². The van der Waals surface area contributed by atoms with Crippen LogP contribution in [0.2, 0.25) is 0 Å². The summed E-state index contributed by atoms with van der Waals surface area (Å²) in [5, 5.41) is 11.8.